The molecule has 22 heavy (non-hydrogen) atoms. The van der Waals surface area contributed by atoms with Crippen LogP contribution in [0.25, 0.3) is 0 Å². The summed E-state index contributed by atoms with van der Waals surface area (Å²) < 4.78 is 18.3. The Kier molecular flexibility index (Phi) is 4.24. The van der Waals surface area contributed by atoms with Crippen molar-refractivity contribution in [2.75, 3.05) is 31.6 Å². The van der Waals surface area contributed by atoms with Gasteiger partial charge >= 0.3 is 0 Å². The van der Waals surface area contributed by atoms with E-state index in [9.17, 15) is 9.18 Å². The molecule has 3 rings (SSSR count). The van der Waals surface area contributed by atoms with Gasteiger partial charge in [-0.15, -0.1) is 10.2 Å². The van der Waals surface area contributed by atoms with Gasteiger partial charge in [0.25, 0.3) is 5.91 Å². The van der Waals surface area contributed by atoms with Gasteiger partial charge in [-0.2, -0.15) is 0 Å². The maximum atomic E-state index is 13.1. The highest BCUT2D eigenvalue weighted by Gasteiger charge is 2.19. The Bertz CT molecular complexity index is 657. The number of amides is 1. The number of anilines is 2. The topological polar surface area (TPSA) is 67.4 Å². The summed E-state index contributed by atoms with van der Waals surface area (Å²) in [6.45, 7) is 2.20. The number of aromatic nitrogens is 2. The number of rotatable bonds is 3. The minimum absolute atomic E-state index is 0.159. The molecule has 1 fully saturated rings. The van der Waals surface area contributed by atoms with E-state index in [0.717, 1.165) is 0 Å². The predicted octanol–water partition coefficient (Wildman–Crippen LogP) is 1.83. The second-order valence-corrected chi connectivity index (χ2v) is 4.84. The molecule has 114 valence electrons. The van der Waals surface area contributed by atoms with Gasteiger partial charge in [0.2, 0.25) is 0 Å². The summed E-state index contributed by atoms with van der Waals surface area (Å²) in [6.07, 6.45) is 0. The van der Waals surface area contributed by atoms with E-state index in [4.69, 9.17) is 4.74 Å². The Labute approximate surface area is 126 Å². The fourth-order valence-corrected chi connectivity index (χ4v) is 2.16. The van der Waals surface area contributed by atoms with Crippen molar-refractivity contribution in [3.05, 3.63) is 47.9 Å². The molecule has 1 aromatic heterocycles. The van der Waals surface area contributed by atoms with Gasteiger partial charge in [-0.25, -0.2) is 4.39 Å². The molecule has 1 amide bonds. The zero-order valence-electron chi connectivity index (χ0n) is 11.8. The normalized spacial score (nSPS) is 14.7. The van der Waals surface area contributed by atoms with Gasteiger partial charge in [-0.3, -0.25) is 4.79 Å². The minimum atomic E-state index is -0.336. The zero-order chi connectivity index (χ0) is 15.4. The third-order valence-corrected chi connectivity index (χ3v) is 3.28. The largest absolute Gasteiger partial charge is 0.378 e. The number of ether oxygens (including phenoxy) is 1. The highest BCUT2D eigenvalue weighted by Crippen LogP contribution is 2.15. The van der Waals surface area contributed by atoms with E-state index in [1.54, 1.807) is 29.2 Å². The maximum Gasteiger partial charge on any atom is 0.274 e. The summed E-state index contributed by atoms with van der Waals surface area (Å²) in [4.78, 5) is 13.9. The van der Waals surface area contributed by atoms with Crippen LogP contribution in [0, 0.1) is 5.82 Å². The Morgan fingerprint density at radius 1 is 1.18 bits per heavy atom. The SMILES string of the molecule is O=C(c1ccc(Nc2cccc(F)c2)nn1)N1CCOCC1. The molecular weight excluding hydrogens is 287 g/mol. The zero-order valence-corrected chi connectivity index (χ0v) is 11.8. The average Bonchev–Trinajstić information content (AvgIpc) is 2.56. The lowest BCUT2D eigenvalue weighted by atomic mass is 10.3. The predicted molar refractivity (Wildman–Crippen MR) is 78.4 cm³/mol. The minimum Gasteiger partial charge on any atom is -0.378 e. The van der Waals surface area contributed by atoms with E-state index in [1.807, 2.05) is 0 Å². The van der Waals surface area contributed by atoms with Crippen LogP contribution in [-0.2, 0) is 4.74 Å². The van der Waals surface area contributed by atoms with E-state index in [1.165, 1.54) is 12.1 Å². The number of benzene rings is 1. The summed E-state index contributed by atoms with van der Waals surface area (Å²) in [5.41, 5.74) is 0.855. The molecule has 2 heterocycles. The Morgan fingerprint density at radius 2 is 2.00 bits per heavy atom. The van der Waals surface area contributed by atoms with Crippen molar-refractivity contribution in [2.24, 2.45) is 0 Å². The highest BCUT2D eigenvalue weighted by atomic mass is 19.1. The van der Waals surface area contributed by atoms with Crippen LogP contribution >= 0.6 is 0 Å². The van der Waals surface area contributed by atoms with Crippen molar-refractivity contribution in [1.82, 2.24) is 15.1 Å². The number of hydrogen-bond acceptors (Lipinski definition) is 5. The molecule has 1 aromatic carbocycles. The second kappa shape index (κ2) is 6.48. The molecule has 0 atom stereocenters. The standard InChI is InChI=1S/C15H15FN4O2/c16-11-2-1-3-12(10-11)17-14-5-4-13(18-19-14)15(21)20-6-8-22-9-7-20/h1-5,10H,6-9H2,(H,17,19). The van der Waals surface area contributed by atoms with Gasteiger partial charge in [0.15, 0.2) is 11.5 Å². The van der Waals surface area contributed by atoms with Crippen LogP contribution in [0.2, 0.25) is 0 Å². The third kappa shape index (κ3) is 3.37. The number of nitrogens with one attached hydrogen (secondary N) is 1. The Morgan fingerprint density at radius 3 is 2.68 bits per heavy atom. The molecule has 0 unspecified atom stereocenters. The molecule has 1 aliphatic rings. The summed E-state index contributed by atoms with van der Waals surface area (Å²) in [5.74, 6) is -0.0469. The molecule has 0 radical (unpaired) electrons. The smallest absolute Gasteiger partial charge is 0.274 e. The molecule has 0 bridgehead atoms. The first kappa shape index (κ1) is 14.4. The van der Waals surface area contributed by atoms with Crippen LogP contribution in [0.3, 0.4) is 0 Å². The number of carbonyl (C=O) groups is 1. The van der Waals surface area contributed by atoms with Gasteiger partial charge in [-0.1, -0.05) is 6.07 Å². The van der Waals surface area contributed by atoms with Crippen molar-refractivity contribution in [3.63, 3.8) is 0 Å². The fourth-order valence-electron chi connectivity index (χ4n) is 2.16. The molecule has 0 spiro atoms. The van der Waals surface area contributed by atoms with Crippen LogP contribution < -0.4 is 5.32 Å². The summed E-state index contributed by atoms with van der Waals surface area (Å²) in [5, 5.41) is 10.8. The number of hydrogen-bond donors (Lipinski definition) is 1. The molecule has 6 nitrogen and oxygen atoms in total. The fraction of sp³-hybridized carbons (Fsp3) is 0.267. The lowest BCUT2D eigenvalue weighted by molar-refractivity contribution is 0.0298. The summed E-state index contributed by atoms with van der Waals surface area (Å²) >= 11 is 0. The van der Waals surface area contributed by atoms with Crippen molar-refractivity contribution in [1.29, 1.82) is 0 Å². The van der Waals surface area contributed by atoms with Gasteiger partial charge in [0.05, 0.1) is 13.2 Å². The van der Waals surface area contributed by atoms with Crippen LogP contribution in [0.4, 0.5) is 15.9 Å². The number of carbonyl (C=O) groups excluding carboxylic acids is 1. The first-order valence-electron chi connectivity index (χ1n) is 6.96. The molecule has 2 aromatic rings. The van der Waals surface area contributed by atoms with Crippen LogP contribution in [0.1, 0.15) is 10.5 Å². The molecular formula is C15H15FN4O2. The number of morpholine rings is 1. The van der Waals surface area contributed by atoms with Crippen LogP contribution in [0.5, 0.6) is 0 Å². The van der Waals surface area contributed by atoms with Gasteiger partial charge in [0.1, 0.15) is 5.82 Å². The Balaban J connectivity index is 1.68. The molecule has 0 aliphatic carbocycles. The second-order valence-electron chi connectivity index (χ2n) is 4.84. The van der Waals surface area contributed by atoms with Crippen molar-refractivity contribution in [2.45, 2.75) is 0 Å². The molecule has 1 N–H and O–H groups in total. The van der Waals surface area contributed by atoms with E-state index in [2.05, 4.69) is 15.5 Å². The highest BCUT2D eigenvalue weighted by molar-refractivity contribution is 5.92. The van der Waals surface area contributed by atoms with Crippen molar-refractivity contribution >= 4 is 17.4 Å². The summed E-state index contributed by atoms with van der Waals surface area (Å²) in [7, 11) is 0. The molecule has 1 saturated heterocycles. The average molecular weight is 302 g/mol. The van der Waals surface area contributed by atoms with E-state index in [-0.39, 0.29) is 17.4 Å². The quantitative estimate of drug-likeness (QED) is 0.937. The molecule has 0 saturated carbocycles. The number of halogens is 1. The van der Waals surface area contributed by atoms with Gasteiger partial charge in [-0.05, 0) is 30.3 Å². The third-order valence-electron chi connectivity index (χ3n) is 3.28. The van der Waals surface area contributed by atoms with E-state index in [0.29, 0.717) is 37.8 Å². The van der Waals surface area contributed by atoms with Crippen molar-refractivity contribution in [3.8, 4) is 0 Å². The summed E-state index contributed by atoms with van der Waals surface area (Å²) in [6, 6.07) is 9.28. The first-order valence-corrected chi connectivity index (χ1v) is 6.96. The lowest BCUT2D eigenvalue weighted by Gasteiger charge is -2.26. The molecule has 1 aliphatic heterocycles. The van der Waals surface area contributed by atoms with Gasteiger partial charge in [0, 0.05) is 18.8 Å². The molecule has 7 heteroatoms. The lowest BCUT2D eigenvalue weighted by Crippen LogP contribution is -2.41. The monoisotopic (exact) mass is 302 g/mol. The van der Waals surface area contributed by atoms with E-state index < -0.39 is 0 Å². The van der Waals surface area contributed by atoms with Crippen molar-refractivity contribution < 1.29 is 13.9 Å². The number of nitrogens with zero attached hydrogens (tertiary/aromatic N) is 3. The van der Waals surface area contributed by atoms with Gasteiger partial charge < -0.3 is 15.0 Å². The van der Waals surface area contributed by atoms with Crippen LogP contribution in [-0.4, -0.2) is 47.3 Å². The maximum absolute atomic E-state index is 13.1. The Hall–Kier alpha value is -2.54. The van der Waals surface area contributed by atoms with E-state index >= 15 is 0 Å². The van der Waals surface area contributed by atoms with Crippen LogP contribution in [0.15, 0.2) is 36.4 Å². The first-order chi connectivity index (χ1) is 10.7.